The van der Waals surface area contributed by atoms with Gasteiger partial charge in [-0.15, -0.1) is 13.2 Å². The van der Waals surface area contributed by atoms with Crippen LogP contribution < -0.4 is 15.0 Å². The average molecular weight is 421 g/mol. The van der Waals surface area contributed by atoms with Gasteiger partial charge in [0.1, 0.15) is 5.75 Å². The molecule has 6 nitrogen and oxygen atoms in total. The summed E-state index contributed by atoms with van der Waals surface area (Å²) < 4.78 is 40.4. The van der Waals surface area contributed by atoms with Crippen LogP contribution in [0.25, 0.3) is 0 Å². The predicted octanol–water partition coefficient (Wildman–Crippen LogP) is 3.43. The summed E-state index contributed by atoms with van der Waals surface area (Å²) >= 11 is 0. The standard InChI is InChI=1S/C21H22F3N3O3/c1-14(20(29)27-12-11-15-5-3-4-6-18(15)27)26(2)13-19(28)25-16-7-9-17(10-8-16)30-21(22,23)24/h3-10,14H,11-13H2,1-2H3,(H,25,28)/t14-/m0/s1. The van der Waals surface area contributed by atoms with Gasteiger partial charge in [-0.25, -0.2) is 0 Å². The van der Waals surface area contributed by atoms with E-state index >= 15 is 0 Å². The van der Waals surface area contributed by atoms with Gasteiger partial charge in [0.25, 0.3) is 0 Å². The van der Waals surface area contributed by atoms with Gasteiger partial charge in [0.2, 0.25) is 11.8 Å². The molecule has 30 heavy (non-hydrogen) atoms. The molecule has 2 aromatic carbocycles. The van der Waals surface area contributed by atoms with Crippen LogP contribution in [0.2, 0.25) is 0 Å². The number of benzene rings is 2. The van der Waals surface area contributed by atoms with E-state index in [1.54, 1.807) is 23.8 Å². The number of carbonyl (C=O) groups excluding carboxylic acids is 2. The van der Waals surface area contributed by atoms with Gasteiger partial charge in [-0.3, -0.25) is 14.5 Å². The maximum Gasteiger partial charge on any atom is 0.573 e. The highest BCUT2D eigenvalue weighted by Crippen LogP contribution is 2.28. The number of nitrogens with zero attached hydrogens (tertiary/aromatic N) is 2. The summed E-state index contributed by atoms with van der Waals surface area (Å²) in [5.74, 6) is -0.852. The van der Waals surface area contributed by atoms with Crippen LogP contribution in [0.5, 0.6) is 5.75 Å². The summed E-state index contributed by atoms with van der Waals surface area (Å²) in [6.07, 6.45) is -3.97. The molecular formula is C21H22F3N3O3. The van der Waals surface area contributed by atoms with Gasteiger partial charge in [-0.1, -0.05) is 18.2 Å². The number of likely N-dealkylation sites (N-methyl/N-ethyl adjacent to an activating group) is 1. The van der Waals surface area contributed by atoms with Crippen molar-refractivity contribution in [3.63, 3.8) is 0 Å². The van der Waals surface area contributed by atoms with E-state index in [-0.39, 0.29) is 24.1 Å². The molecule has 0 aliphatic carbocycles. The third-order valence-corrected chi connectivity index (χ3v) is 4.94. The van der Waals surface area contributed by atoms with Gasteiger partial charge in [0.15, 0.2) is 0 Å². The molecule has 2 amide bonds. The summed E-state index contributed by atoms with van der Waals surface area (Å²) in [4.78, 5) is 28.5. The van der Waals surface area contributed by atoms with E-state index in [4.69, 9.17) is 0 Å². The third-order valence-electron chi connectivity index (χ3n) is 4.94. The topological polar surface area (TPSA) is 61.9 Å². The van der Waals surface area contributed by atoms with Crippen LogP contribution in [0.15, 0.2) is 48.5 Å². The van der Waals surface area contributed by atoms with Crippen molar-refractivity contribution in [2.75, 3.05) is 30.4 Å². The Morgan fingerprint density at radius 3 is 2.50 bits per heavy atom. The number of alkyl halides is 3. The van der Waals surface area contributed by atoms with Crippen LogP contribution in [-0.2, 0) is 16.0 Å². The highest BCUT2D eigenvalue weighted by molar-refractivity contribution is 5.99. The molecule has 160 valence electrons. The van der Waals surface area contributed by atoms with Crippen molar-refractivity contribution in [3.8, 4) is 5.75 Å². The van der Waals surface area contributed by atoms with Crippen molar-refractivity contribution in [2.24, 2.45) is 0 Å². The van der Waals surface area contributed by atoms with Crippen LogP contribution in [0.3, 0.4) is 0 Å². The number of nitrogens with one attached hydrogen (secondary N) is 1. The number of amides is 2. The number of rotatable bonds is 6. The van der Waals surface area contributed by atoms with Crippen LogP contribution in [0.1, 0.15) is 12.5 Å². The summed E-state index contributed by atoms with van der Waals surface area (Å²) in [5.41, 5.74) is 2.35. The van der Waals surface area contributed by atoms with Gasteiger partial charge in [-0.2, -0.15) is 0 Å². The first-order chi connectivity index (χ1) is 14.1. The van der Waals surface area contributed by atoms with Crippen LogP contribution in [0.4, 0.5) is 24.5 Å². The number of ether oxygens (including phenoxy) is 1. The number of fused-ring (bicyclic) bond motifs is 1. The molecule has 1 atom stereocenters. The lowest BCUT2D eigenvalue weighted by Gasteiger charge is -2.28. The molecule has 9 heteroatoms. The number of hydrogen-bond acceptors (Lipinski definition) is 4. The summed E-state index contributed by atoms with van der Waals surface area (Å²) in [5, 5.41) is 2.60. The van der Waals surface area contributed by atoms with E-state index in [0.717, 1.165) is 29.8 Å². The largest absolute Gasteiger partial charge is 0.573 e. The third kappa shape index (κ3) is 5.29. The molecule has 1 heterocycles. The maximum absolute atomic E-state index is 12.9. The second-order valence-electron chi connectivity index (χ2n) is 7.08. The fourth-order valence-electron chi connectivity index (χ4n) is 3.29. The maximum atomic E-state index is 12.9. The zero-order valence-electron chi connectivity index (χ0n) is 16.6. The summed E-state index contributed by atoms with van der Waals surface area (Å²) in [7, 11) is 1.67. The summed E-state index contributed by atoms with van der Waals surface area (Å²) in [6.45, 7) is 2.29. The molecule has 1 aliphatic heterocycles. The fraction of sp³-hybridized carbons (Fsp3) is 0.333. The molecule has 1 aliphatic rings. The zero-order chi connectivity index (χ0) is 21.9. The fourth-order valence-corrected chi connectivity index (χ4v) is 3.29. The number of anilines is 2. The van der Waals surface area contributed by atoms with Gasteiger partial charge < -0.3 is 15.0 Å². The number of halogens is 3. The van der Waals surface area contributed by atoms with E-state index in [1.165, 1.54) is 12.1 Å². The molecule has 0 bridgehead atoms. The molecule has 0 spiro atoms. The van der Waals surface area contributed by atoms with E-state index < -0.39 is 12.4 Å². The second kappa shape index (κ2) is 8.74. The summed E-state index contributed by atoms with van der Waals surface area (Å²) in [6, 6.07) is 12.1. The van der Waals surface area contributed by atoms with Crippen molar-refractivity contribution < 1.29 is 27.5 Å². The van der Waals surface area contributed by atoms with Crippen molar-refractivity contribution >= 4 is 23.2 Å². The minimum atomic E-state index is -4.77. The van der Waals surface area contributed by atoms with Crippen LogP contribution in [-0.4, -0.2) is 49.3 Å². The number of hydrogen-bond donors (Lipinski definition) is 1. The number of carbonyl (C=O) groups is 2. The van der Waals surface area contributed by atoms with E-state index in [2.05, 4.69) is 10.1 Å². The van der Waals surface area contributed by atoms with E-state index in [1.807, 2.05) is 24.3 Å². The van der Waals surface area contributed by atoms with Gasteiger partial charge in [0, 0.05) is 17.9 Å². The van der Waals surface area contributed by atoms with Gasteiger partial charge in [-0.05, 0) is 56.3 Å². The van der Waals surface area contributed by atoms with Crippen molar-refractivity contribution in [1.82, 2.24) is 4.90 Å². The van der Waals surface area contributed by atoms with Crippen LogP contribution in [0, 0.1) is 0 Å². The predicted molar refractivity (Wildman–Crippen MR) is 106 cm³/mol. The van der Waals surface area contributed by atoms with Crippen molar-refractivity contribution in [2.45, 2.75) is 25.7 Å². The average Bonchev–Trinajstić information content (AvgIpc) is 3.11. The monoisotopic (exact) mass is 421 g/mol. The Hall–Kier alpha value is -3.07. The minimum Gasteiger partial charge on any atom is -0.406 e. The molecule has 0 fully saturated rings. The molecular weight excluding hydrogens is 399 g/mol. The Labute approximate surface area is 172 Å². The van der Waals surface area contributed by atoms with Gasteiger partial charge >= 0.3 is 6.36 Å². The number of para-hydroxylation sites is 1. The Kier molecular flexibility index (Phi) is 6.31. The SMILES string of the molecule is C[C@@H](C(=O)N1CCc2ccccc21)N(C)CC(=O)Nc1ccc(OC(F)(F)F)cc1. The smallest absolute Gasteiger partial charge is 0.406 e. The van der Waals surface area contributed by atoms with E-state index in [0.29, 0.717) is 12.2 Å². The zero-order valence-corrected chi connectivity index (χ0v) is 16.6. The van der Waals surface area contributed by atoms with Crippen molar-refractivity contribution in [3.05, 3.63) is 54.1 Å². The Morgan fingerprint density at radius 2 is 1.83 bits per heavy atom. The normalized spacial score (nSPS) is 14.4. The second-order valence-corrected chi connectivity index (χ2v) is 7.08. The first-order valence-electron chi connectivity index (χ1n) is 9.39. The first kappa shape index (κ1) is 21.6. The molecule has 0 saturated carbocycles. The lowest BCUT2D eigenvalue weighted by Crippen LogP contribution is -2.47. The van der Waals surface area contributed by atoms with Crippen molar-refractivity contribution in [1.29, 1.82) is 0 Å². The first-order valence-corrected chi connectivity index (χ1v) is 9.39. The molecule has 1 N–H and O–H groups in total. The Balaban J connectivity index is 1.54. The Morgan fingerprint density at radius 1 is 1.17 bits per heavy atom. The molecule has 3 rings (SSSR count). The van der Waals surface area contributed by atoms with Gasteiger partial charge in [0.05, 0.1) is 12.6 Å². The lowest BCUT2D eigenvalue weighted by molar-refractivity contribution is -0.274. The minimum absolute atomic E-state index is 0.0524. The molecule has 0 radical (unpaired) electrons. The molecule has 0 aromatic heterocycles. The van der Waals surface area contributed by atoms with Crippen LogP contribution >= 0.6 is 0 Å². The molecule has 2 aromatic rings. The highest BCUT2D eigenvalue weighted by Gasteiger charge is 2.31. The quantitative estimate of drug-likeness (QED) is 0.777. The van der Waals surface area contributed by atoms with E-state index in [9.17, 15) is 22.8 Å². The Bertz CT molecular complexity index is 916. The lowest BCUT2D eigenvalue weighted by atomic mass is 10.2. The molecule has 0 unspecified atom stereocenters. The highest BCUT2D eigenvalue weighted by atomic mass is 19.4. The molecule has 0 saturated heterocycles.